The summed E-state index contributed by atoms with van der Waals surface area (Å²) in [5, 5.41) is 0. The van der Waals surface area contributed by atoms with Crippen molar-refractivity contribution in [3.05, 3.63) is 50.9 Å². The molecule has 0 amide bonds. The summed E-state index contributed by atoms with van der Waals surface area (Å²) in [5.74, 6) is 1.14. The zero-order valence-electron chi connectivity index (χ0n) is 15.4. The fourth-order valence-corrected chi connectivity index (χ4v) is 3.92. The fourth-order valence-electron chi connectivity index (χ4n) is 2.64. The second-order valence-corrected chi connectivity index (χ2v) is 9.86. The average Bonchev–Trinajstić information content (AvgIpc) is 2.87. The van der Waals surface area contributed by atoms with Crippen LogP contribution in [0, 0.1) is 6.92 Å². The third-order valence-corrected chi connectivity index (χ3v) is 5.37. The molecule has 0 radical (unpaired) electrons. The van der Waals surface area contributed by atoms with Crippen molar-refractivity contribution in [2.45, 2.75) is 65.7 Å². The monoisotopic (exact) mass is 368 g/mol. The Morgan fingerprint density at radius 3 is 1.87 bits per heavy atom. The van der Waals surface area contributed by atoms with E-state index in [2.05, 4.69) is 78.8 Å². The fraction of sp³-hybridized carbons (Fsp3) is 0.500. The zero-order chi connectivity index (χ0) is 16.5. The van der Waals surface area contributed by atoms with Crippen LogP contribution in [0.15, 0.2) is 34.2 Å². The summed E-state index contributed by atoms with van der Waals surface area (Å²) in [7, 11) is 0. The Bertz CT molecular complexity index is 581. The van der Waals surface area contributed by atoms with E-state index in [0.717, 1.165) is 12.2 Å². The maximum absolute atomic E-state index is 6.48. The molecule has 0 aromatic heterocycles. The molecule has 0 heterocycles. The average molecular weight is 369 g/mol. The normalized spacial score (nSPS) is 14.3. The maximum Gasteiger partial charge on any atom is -0.147 e. The Hall–Kier alpha value is -0.496. The van der Waals surface area contributed by atoms with Gasteiger partial charge < -0.3 is 0 Å². The molecule has 0 atom stereocenters. The van der Waals surface area contributed by atoms with Gasteiger partial charge in [0.05, 0.1) is 0 Å². The van der Waals surface area contributed by atoms with Gasteiger partial charge in [-0.05, 0) is 0 Å². The van der Waals surface area contributed by atoms with Crippen LogP contribution in [0.4, 0.5) is 0 Å². The van der Waals surface area contributed by atoms with Crippen LogP contribution in [-0.2, 0) is 30.4 Å². The van der Waals surface area contributed by atoms with Crippen molar-refractivity contribution >= 4 is 12.4 Å². The third kappa shape index (κ3) is 5.24. The molecule has 0 fully saturated rings. The van der Waals surface area contributed by atoms with E-state index < -0.39 is 19.5 Å². The van der Waals surface area contributed by atoms with Crippen LogP contribution in [0.5, 0.6) is 5.75 Å². The summed E-state index contributed by atoms with van der Waals surface area (Å²) in [6, 6.07) is 4.61. The standard InChI is InChI=1S/C15H24O.C5H5.ClH.Ti/c1-10-8-11(14(2,3)4)13(16)12(9-10)15(5,6)7;1-2-4-5-3-1;;/h8-9,16H,1-7H3;1-3H,4H2;1H;/q;;;+1/p-1. The summed E-state index contributed by atoms with van der Waals surface area (Å²) in [4.78, 5) is 0. The number of halogens is 1. The molecule has 1 aliphatic carbocycles. The quantitative estimate of drug-likeness (QED) is 0.574. The van der Waals surface area contributed by atoms with Crippen molar-refractivity contribution in [2.75, 3.05) is 0 Å². The first-order valence-corrected chi connectivity index (χ1v) is 9.45. The van der Waals surface area contributed by atoms with Crippen molar-refractivity contribution < 1.29 is 22.9 Å². The first-order chi connectivity index (χ1) is 10.1. The van der Waals surface area contributed by atoms with E-state index in [1.165, 1.54) is 20.6 Å². The van der Waals surface area contributed by atoms with Crippen LogP contribution >= 0.6 is 12.4 Å². The molecule has 1 nitrogen and oxygen atoms in total. The van der Waals surface area contributed by atoms with Gasteiger partial charge in [-0.3, -0.25) is 0 Å². The van der Waals surface area contributed by atoms with Gasteiger partial charge in [0.25, 0.3) is 0 Å². The van der Waals surface area contributed by atoms with Crippen LogP contribution in [-0.4, -0.2) is 0 Å². The van der Waals surface area contributed by atoms with E-state index >= 15 is 0 Å². The summed E-state index contributed by atoms with van der Waals surface area (Å²) in [5.41, 5.74) is 4.19. The van der Waals surface area contributed by atoms with Crippen molar-refractivity contribution in [3.8, 4) is 5.75 Å². The Morgan fingerprint density at radius 2 is 1.48 bits per heavy atom. The molecular formula is C20H29ClOTi. The van der Waals surface area contributed by atoms with Crippen LogP contribution in [0.1, 0.15) is 64.7 Å². The van der Waals surface area contributed by atoms with Gasteiger partial charge in [-0.15, -0.1) is 12.4 Å². The molecule has 0 unspecified atom stereocenters. The summed E-state index contributed by atoms with van der Waals surface area (Å²) < 4.78 is 7.95. The smallest absolute Gasteiger partial charge is 0.147 e. The first kappa shape index (κ1) is 20.5. The van der Waals surface area contributed by atoms with E-state index in [9.17, 15) is 0 Å². The Morgan fingerprint density at radius 1 is 0.957 bits per heavy atom. The number of allylic oxidation sites excluding steroid dienone is 4. The molecule has 23 heavy (non-hydrogen) atoms. The molecule has 0 bridgehead atoms. The van der Waals surface area contributed by atoms with Crippen molar-refractivity contribution in [2.24, 2.45) is 0 Å². The van der Waals surface area contributed by atoms with Crippen LogP contribution in [0.25, 0.3) is 0 Å². The van der Waals surface area contributed by atoms with E-state index in [1.807, 2.05) is 0 Å². The van der Waals surface area contributed by atoms with Gasteiger partial charge in [-0.1, -0.05) is 0 Å². The van der Waals surface area contributed by atoms with E-state index in [0.29, 0.717) is 0 Å². The summed E-state index contributed by atoms with van der Waals surface area (Å²) in [6.45, 7) is 15.8. The third-order valence-electron chi connectivity index (χ3n) is 3.90. The molecule has 126 valence electrons. The van der Waals surface area contributed by atoms with Crippen LogP contribution in [0.3, 0.4) is 0 Å². The van der Waals surface area contributed by atoms with Gasteiger partial charge in [0.15, 0.2) is 0 Å². The summed E-state index contributed by atoms with van der Waals surface area (Å²) in [6.07, 6.45) is 7.66. The predicted octanol–water partition coefficient (Wildman–Crippen LogP) is 6.23. The van der Waals surface area contributed by atoms with Gasteiger partial charge in [0.1, 0.15) is 0 Å². The maximum atomic E-state index is 6.48. The molecule has 1 aromatic carbocycles. The Balaban J connectivity index is 0.00000264. The minimum Gasteiger partial charge on any atom is -0.147 e. The predicted molar refractivity (Wildman–Crippen MR) is 98.3 cm³/mol. The molecule has 0 saturated heterocycles. The molecule has 3 heteroatoms. The van der Waals surface area contributed by atoms with Gasteiger partial charge in [-0.2, -0.15) is 0 Å². The molecular weight excluding hydrogens is 340 g/mol. The molecule has 0 saturated carbocycles. The van der Waals surface area contributed by atoms with E-state index in [1.54, 1.807) is 0 Å². The molecule has 1 aromatic rings. The largest absolute Gasteiger partial charge is 0.147 e. The number of hydrogen-bond donors (Lipinski definition) is 0. The minimum absolute atomic E-state index is 0. The van der Waals surface area contributed by atoms with Crippen molar-refractivity contribution in [3.63, 3.8) is 0 Å². The molecule has 2 rings (SSSR count). The minimum atomic E-state index is -0.546. The number of aryl methyl sites for hydroxylation is 1. The topological polar surface area (TPSA) is 9.23 Å². The van der Waals surface area contributed by atoms with E-state index in [4.69, 9.17) is 3.32 Å². The molecule has 0 spiro atoms. The van der Waals surface area contributed by atoms with Gasteiger partial charge in [-0.25, -0.2) is 0 Å². The van der Waals surface area contributed by atoms with Gasteiger partial charge >= 0.3 is 145 Å². The second-order valence-electron chi connectivity index (χ2n) is 8.22. The van der Waals surface area contributed by atoms with Crippen LogP contribution in [0.2, 0.25) is 0 Å². The molecule has 0 aliphatic heterocycles. The number of benzene rings is 1. The first-order valence-electron chi connectivity index (χ1n) is 8.03. The molecule has 1 aliphatic rings. The van der Waals surface area contributed by atoms with Gasteiger partial charge in [0.2, 0.25) is 0 Å². The Labute approximate surface area is 157 Å². The summed E-state index contributed by atoms with van der Waals surface area (Å²) >= 11 is -0.546. The van der Waals surface area contributed by atoms with Crippen molar-refractivity contribution in [1.29, 1.82) is 0 Å². The Kier molecular flexibility index (Phi) is 6.78. The zero-order valence-corrected chi connectivity index (χ0v) is 17.8. The SMILES string of the molecule is Cc1cc(C(C)(C)C)c([O][Ti][C]2=CC=CC2)c(C(C)(C)C)c1.Cl. The second kappa shape index (κ2) is 7.59. The number of hydrogen-bond acceptors (Lipinski definition) is 1. The molecule has 0 N–H and O–H groups in total. The van der Waals surface area contributed by atoms with Crippen LogP contribution < -0.4 is 3.32 Å². The number of rotatable bonds is 3. The van der Waals surface area contributed by atoms with Gasteiger partial charge in [0, 0.05) is 0 Å². The van der Waals surface area contributed by atoms with E-state index in [-0.39, 0.29) is 23.2 Å². The van der Waals surface area contributed by atoms with Crippen molar-refractivity contribution in [1.82, 2.24) is 0 Å².